The third-order valence-electron chi connectivity index (χ3n) is 6.94. The molecule has 2 atom stereocenters. The number of ether oxygens (including phenoxy) is 1. The van der Waals surface area contributed by atoms with Crippen molar-refractivity contribution in [1.82, 2.24) is 5.32 Å². The van der Waals surface area contributed by atoms with Gasteiger partial charge in [0.2, 0.25) is 0 Å². The molecule has 20 heavy (non-hydrogen) atoms. The smallest absolute Gasteiger partial charge is 0.0588 e. The van der Waals surface area contributed by atoms with E-state index in [4.69, 9.17) is 4.74 Å². The van der Waals surface area contributed by atoms with Crippen molar-refractivity contribution in [3.8, 4) is 0 Å². The summed E-state index contributed by atoms with van der Waals surface area (Å²) in [6.45, 7) is 4.63. The lowest BCUT2D eigenvalue weighted by Crippen LogP contribution is -2.55. The maximum atomic E-state index is 5.74. The van der Waals surface area contributed by atoms with Gasteiger partial charge in [0, 0.05) is 12.6 Å². The van der Waals surface area contributed by atoms with Gasteiger partial charge in [0.25, 0.3) is 0 Å². The van der Waals surface area contributed by atoms with Gasteiger partial charge in [0.1, 0.15) is 0 Å². The first-order valence-corrected chi connectivity index (χ1v) is 9.08. The Labute approximate surface area is 124 Å². The van der Waals surface area contributed by atoms with E-state index in [1.807, 2.05) is 0 Å². The summed E-state index contributed by atoms with van der Waals surface area (Å²) >= 11 is 0. The zero-order chi connectivity index (χ0) is 13.6. The van der Waals surface area contributed by atoms with Gasteiger partial charge in [-0.05, 0) is 94.4 Å². The molecule has 114 valence electrons. The molecule has 4 bridgehead atoms. The molecule has 2 heteroatoms. The van der Waals surface area contributed by atoms with Crippen LogP contribution < -0.4 is 5.32 Å². The number of hydrogen-bond donors (Lipinski definition) is 1. The summed E-state index contributed by atoms with van der Waals surface area (Å²) in [4.78, 5) is 0. The quantitative estimate of drug-likeness (QED) is 0.826. The van der Waals surface area contributed by atoms with Gasteiger partial charge in [-0.3, -0.25) is 0 Å². The predicted octanol–water partition coefficient (Wildman–Crippen LogP) is 3.75. The largest absolute Gasteiger partial charge is 0.378 e. The van der Waals surface area contributed by atoms with E-state index in [0.29, 0.717) is 11.5 Å². The standard InChI is InChI=1S/C18H31NO/c1-13(19-5-4-17-3-2-6-20-17)18-10-14-7-15(11-18)9-16(8-14)12-18/h13-17,19H,2-12H2,1H3. The van der Waals surface area contributed by atoms with E-state index in [9.17, 15) is 0 Å². The van der Waals surface area contributed by atoms with Gasteiger partial charge in [-0.1, -0.05) is 0 Å². The molecule has 0 aromatic heterocycles. The van der Waals surface area contributed by atoms with Crippen molar-refractivity contribution in [2.75, 3.05) is 13.2 Å². The molecule has 1 aliphatic heterocycles. The Bertz CT molecular complexity index is 312. The second-order valence-electron chi connectivity index (χ2n) is 8.38. The Balaban J connectivity index is 1.32. The highest BCUT2D eigenvalue weighted by atomic mass is 16.5. The first-order chi connectivity index (χ1) is 9.73. The van der Waals surface area contributed by atoms with Gasteiger partial charge in [0.05, 0.1) is 6.10 Å². The first-order valence-electron chi connectivity index (χ1n) is 9.08. The van der Waals surface area contributed by atoms with Crippen LogP contribution in [0.3, 0.4) is 0 Å². The van der Waals surface area contributed by atoms with Gasteiger partial charge >= 0.3 is 0 Å². The predicted molar refractivity (Wildman–Crippen MR) is 81.7 cm³/mol. The molecule has 4 saturated carbocycles. The maximum absolute atomic E-state index is 5.74. The van der Waals surface area contributed by atoms with Crippen LogP contribution in [0.1, 0.15) is 64.7 Å². The molecule has 0 amide bonds. The van der Waals surface area contributed by atoms with Crippen LogP contribution in [0.5, 0.6) is 0 Å². The van der Waals surface area contributed by atoms with Crippen molar-refractivity contribution >= 4 is 0 Å². The van der Waals surface area contributed by atoms with E-state index in [2.05, 4.69) is 12.2 Å². The minimum absolute atomic E-state index is 0.547. The minimum Gasteiger partial charge on any atom is -0.378 e. The molecule has 0 aromatic rings. The lowest BCUT2D eigenvalue weighted by atomic mass is 9.48. The molecule has 5 fully saturated rings. The van der Waals surface area contributed by atoms with E-state index in [0.717, 1.165) is 36.9 Å². The molecule has 0 spiro atoms. The van der Waals surface area contributed by atoms with Crippen molar-refractivity contribution in [2.45, 2.75) is 76.9 Å². The van der Waals surface area contributed by atoms with Crippen LogP contribution in [0.15, 0.2) is 0 Å². The molecule has 0 aromatic carbocycles. The van der Waals surface area contributed by atoms with Crippen LogP contribution in [0.2, 0.25) is 0 Å². The Morgan fingerprint density at radius 2 is 1.75 bits per heavy atom. The highest BCUT2D eigenvalue weighted by molar-refractivity contribution is 5.05. The Kier molecular flexibility index (Phi) is 3.58. The molecule has 0 radical (unpaired) electrons. The van der Waals surface area contributed by atoms with E-state index < -0.39 is 0 Å². The molecule has 4 aliphatic carbocycles. The van der Waals surface area contributed by atoms with Crippen molar-refractivity contribution in [3.63, 3.8) is 0 Å². The number of rotatable bonds is 5. The summed E-state index contributed by atoms with van der Waals surface area (Å²) in [7, 11) is 0. The van der Waals surface area contributed by atoms with Gasteiger partial charge in [-0.2, -0.15) is 0 Å². The molecular formula is C18H31NO. The maximum Gasteiger partial charge on any atom is 0.0588 e. The van der Waals surface area contributed by atoms with Crippen molar-refractivity contribution in [3.05, 3.63) is 0 Å². The number of nitrogens with one attached hydrogen (secondary N) is 1. The van der Waals surface area contributed by atoms with Crippen molar-refractivity contribution in [1.29, 1.82) is 0 Å². The molecule has 1 saturated heterocycles. The van der Waals surface area contributed by atoms with Crippen LogP contribution in [0.4, 0.5) is 0 Å². The van der Waals surface area contributed by atoms with Gasteiger partial charge < -0.3 is 10.1 Å². The summed E-state index contributed by atoms with van der Waals surface area (Å²) in [5.74, 6) is 3.22. The monoisotopic (exact) mass is 277 g/mol. The highest BCUT2D eigenvalue weighted by Crippen LogP contribution is 2.61. The molecule has 5 rings (SSSR count). The zero-order valence-electron chi connectivity index (χ0n) is 13.1. The highest BCUT2D eigenvalue weighted by Gasteiger charge is 2.52. The molecule has 5 aliphatic rings. The van der Waals surface area contributed by atoms with Crippen molar-refractivity contribution in [2.24, 2.45) is 23.2 Å². The fourth-order valence-corrected chi connectivity index (χ4v) is 6.26. The topological polar surface area (TPSA) is 21.3 Å². The van der Waals surface area contributed by atoms with Crippen LogP contribution in [-0.4, -0.2) is 25.3 Å². The van der Waals surface area contributed by atoms with E-state index >= 15 is 0 Å². The normalized spacial score (nSPS) is 47.9. The zero-order valence-corrected chi connectivity index (χ0v) is 13.1. The molecule has 1 N–H and O–H groups in total. The average molecular weight is 277 g/mol. The molecule has 1 heterocycles. The Morgan fingerprint density at radius 3 is 2.30 bits per heavy atom. The minimum atomic E-state index is 0.547. The average Bonchev–Trinajstić information content (AvgIpc) is 2.90. The fourth-order valence-electron chi connectivity index (χ4n) is 6.26. The lowest BCUT2D eigenvalue weighted by Gasteiger charge is -2.59. The van der Waals surface area contributed by atoms with Crippen molar-refractivity contribution < 1.29 is 4.74 Å². The second-order valence-corrected chi connectivity index (χ2v) is 8.38. The SMILES string of the molecule is CC(NCCC1CCCO1)C12CC3CC(CC(C3)C1)C2. The van der Waals surface area contributed by atoms with Gasteiger partial charge in [0.15, 0.2) is 0 Å². The Morgan fingerprint density at radius 1 is 1.10 bits per heavy atom. The second kappa shape index (κ2) is 5.28. The van der Waals surface area contributed by atoms with Gasteiger partial charge in [-0.25, -0.2) is 0 Å². The summed E-state index contributed by atoms with van der Waals surface area (Å²) in [6.07, 6.45) is 13.6. The van der Waals surface area contributed by atoms with Crippen LogP contribution >= 0.6 is 0 Å². The lowest BCUT2D eigenvalue weighted by molar-refractivity contribution is -0.0706. The third-order valence-corrected chi connectivity index (χ3v) is 6.94. The molecule has 2 unspecified atom stereocenters. The van der Waals surface area contributed by atoms with E-state index in [1.54, 1.807) is 19.3 Å². The first kappa shape index (κ1) is 13.6. The number of hydrogen-bond acceptors (Lipinski definition) is 2. The third kappa shape index (κ3) is 2.43. The van der Waals surface area contributed by atoms with E-state index in [-0.39, 0.29) is 0 Å². The fraction of sp³-hybridized carbons (Fsp3) is 1.00. The van der Waals surface area contributed by atoms with Crippen LogP contribution in [0.25, 0.3) is 0 Å². The van der Waals surface area contributed by atoms with Crippen LogP contribution in [0, 0.1) is 23.2 Å². The Hall–Kier alpha value is -0.0800. The summed E-state index contributed by atoms with van der Waals surface area (Å²) in [5.41, 5.74) is 0.658. The summed E-state index contributed by atoms with van der Waals surface area (Å²) in [5, 5.41) is 3.89. The molecule has 2 nitrogen and oxygen atoms in total. The summed E-state index contributed by atoms with van der Waals surface area (Å²) in [6, 6.07) is 0.720. The molecular weight excluding hydrogens is 246 g/mol. The van der Waals surface area contributed by atoms with E-state index in [1.165, 1.54) is 38.5 Å². The van der Waals surface area contributed by atoms with Crippen LogP contribution in [-0.2, 0) is 4.74 Å². The summed E-state index contributed by atoms with van der Waals surface area (Å²) < 4.78 is 5.74. The van der Waals surface area contributed by atoms with Gasteiger partial charge in [-0.15, -0.1) is 0 Å².